The van der Waals surface area contributed by atoms with Gasteiger partial charge in [-0.15, -0.1) is 0 Å². The third kappa shape index (κ3) is 4.07. The molecule has 0 N–H and O–H groups in total. The fourth-order valence-electron chi connectivity index (χ4n) is 4.12. The molecule has 0 spiro atoms. The second-order valence-electron chi connectivity index (χ2n) is 7.88. The van der Waals surface area contributed by atoms with Crippen molar-refractivity contribution in [1.29, 1.82) is 0 Å². The number of amides is 1. The first kappa shape index (κ1) is 21.1. The molecule has 1 saturated carbocycles. The summed E-state index contributed by atoms with van der Waals surface area (Å²) >= 11 is 0. The first-order valence-corrected chi connectivity index (χ1v) is 11.1. The maximum atomic E-state index is 13.6. The first-order chi connectivity index (χ1) is 15.1. The van der Waals surface area contributed by atoms with E-state index in [1.807, 2.05) is 68.1 Å². The Hall–Kier alpha value is -3.15. The van der Waals surface area contributed by atoms with Crippen LogP contribution in [0.2, 0.25) is 0 Å². The number of ether oxygens (including phenoxy) is 1. The van der Waals surface area contributed by atoms with Crippen LogP contribution in [-0.2, 0) is 4.79 Å². The second kappa shape index (κ2) is 8.92. The van der Waals surface area contributed by atoms with Gasteiger partial charge in [-0.05, 0) is 69.5 Å². The summed E-state index contributed by atoms with van der Waals surface area (Å²) in [5, 5.41) is 0.562. The highest BCUT2D eigenvalue weighted by atomic mass is 16.5. The van der Waals surface area contributed by atoms with Gasteiger partial charge in [0, 0.05) is 12.5 Å². The third-order valence-corrected chi connectivity index (χ3v) is 5.82. The van der Waals surface area contributed by atoms with E-state index < -0.39 is 0 Å². The monoisotopic (exact) mass is 419 g/mol. The molecule has 1 fully saturated rings. The summed E-state index contributed by atoms with van der Waals surface area (Å²) in [4.78, 5) is 33.4. The van der Waals surface area contributed by atoms with Gasteiger partial charge in [0.1, 0.15) is 11.6 Å². The van der Waals surface area contributed by atoms with Gasteiger partial charge in [-0.3, -0.25) is 14.2 Å². The van der Waals surface area contributed by atoms with Gasteiger partial charge in [0.2, 0.25) is 5.91 Å². The zero-order valence-electron chi connectivity index (χ0n) is 18.4. The van der Waals surface area contributed by atoms with Gasteiger partial charge in [-0.1, -0.05) is 19.1 Å². The highest BCUT2D eigenvalue weighted by Crippen LogP contribution is 2.35. The lowest BCUT2D eigenvalue weighted by molar-refractivity contribution is -0.135. The van der Waals surface area contributed by atoms with Crippen LogP contribution in [0.25, 0.3) is 16.6 Å². The molecule has 1 aliphatic rings. The summed E-state index contributed by atoms with van der Waals surface area (Å²) in [6.07, 6.45) is 2.57. The van der Waals surface area contributed by atoms with Gasteiger partial charge >= 0.3 is 0 Å². The lowest BCUT2D eigenvalue weighted by atomic mass is 10.1. The quantitative estimate of drug-likeness (QED) is 0.539. The highest BCUT2D eigenvalue weighted by Gasteiger charge is 2.37. The zero-order valence-corrected chi connectivity index (χ0v) is 18.4. The Kier molecular flexibility index (Phi) is 6.07. The van der Waals surface area contributed by atoms with Gasteiger partial charge in [-0.2, -0.15) is 0 Å². The Bertz CT molecular complexity index is 1130. The van der Waals surface area contributed by atoms with Crippen LogP contribution in [0, 0.1) is 5.92 Å². The van der Waals surface area contributed by atoms with Crippen LogP contribution in [0.5, 0.6) is 5.75 Å². The van der Waals surface area contributed by atoms with E-state index in [4.69, 9.17) is 9.72 Å². The number of hydrogen-bond acceptors (Lipinski definition) is 4. The molecule has 1 aliphatic carbocycles. The topological polar surface area (TPSA) is 64.4 Å². The molecule has 0 saturated heterocycles. The minimum atomic E-state index is -0.276. The number of hydrogen-bond donors (Lipinski definition) is 0. The molecule has 0 aliphatic heterocycles. The van der Waals surface area contributed by atoms with Crippen LogP contribution >= 0.6 is 0 Å². The largest absolute Gasteiger partial charge is 0.494 e. The number of fused-ring (bicyclic) bond motifs is 1. The Balaban J connectivity index is 1.91. The molecule has 2 aromatic carbocycles. The van der Waals surface area contributed by atoms with Crippen molar-refractivity contribution in [3.8, 4) is 11.4 Å². The van der Waals surface area contributed by atoms with Crippen molar-refractivity contribution < 1.29 is 9.53 Å². The van der Waals surface area contributed by atoms with Crippen molar-refractivity contribution in [2.45, 2.75) is 46.1 Å². The third-order valence-electron chi connectivity index (χ3n) is 5.82. The molecule has 162 valence electrons. The first-order valence-electron chi connectivity index (χ1n) is 11.1. The molecule has 1 atom stereocenters. The Morgan fingerprint density at radius 3 is 2.45 bits per heavy atom. The van der Waals surface area contributed by atoms with Gasteiger partial charge in [0.25, 0.3) is 5.56 Å². The number of para-hydroxylation sites is 1. The van der Waals surface area contributed by atoms with E-state index in [2.05, 4.69) is 0 Å². The molecule has 31 heavy (non-hydrogen) atoms. The molecule has 0 bridgehead atoms. The molecular weight excluding hydrogens is 390 g/mol. The van der Waals surface area contributed by atoms with Gasteiger partial charge in [0.15, 0.2) is 0 Å². The fraction of sp³-hybridized carbons (Fsp3) is 0.400. The Morgan fingerprint density at radius 2 is 1.84 bits per heavy atom. The van der Waals surface area contributed by atoms with E-state index in [1.54, 1.807) is 10.6 Å². The van der Waals surface area contributed by atoms with Crippen LogP contribution in [0.1, 0.15) is 51.9 Å². The van der Waals surface area contributed by atoms with Crippen LogP contribution in [0.4, 0.5) is 0 Å². The molecule has 4 rings (SSSR count). The predicted molar refractivity (Wildman–Crippen MR) is 122 cm³/mol. The number of carbonyl (C=O) groups excluding carboxylic acids is 1. The number of carbonyl (C=O) groups is 1. The van der Waals surface area contributed by atoms with E-state index in [9.17, 15) is 9.59 Å². The SMILES string of the molecule is CCOc1ccc(-n2c(C(CC)N(CC)C(=O)C3CC3)nc3ccccc3c2=O)cc1. The minimum absolute atomic E-state index is 0.111. The standard InChI is InChI=1S/C25H29N3O3/c1-4-22(27(5-2)24(29)17-11-12-17)23-26-21-10-8-7-9-20(21)25(30)28(23)18-13-15-19(16-14-18)31-6-3/h7-10,13-17,22H,4-6,11-12H2,1-3H3. The van der Waals surface area contributed by atoms with E-state index in [0.29, 0.717) is 36.3 Å². The lowest BCUT2D eigenvalue weighted by Crippen LogP contribution is -2.39. The fourth-order valence-corrected chi connectivity index (χ4v) is 4.12. The van der Waals surface area contributed by atoms with Gasteiger partial charge in [0.05, 0.1) is 29.2 Å². The summed E-state index contributed by atoms with van der Waals surface area (Å²) in [5.41, 5.74) is 1.24. The summed E-state index contributed by atoms with van der Waals surface area (Å²) in [5.74, 6) is 1.63. The normalized spacial score (nSPS) is 14.4. The Labute approximate surface area is 182 Å². The van der Waals surface area contributed by atoms with Gasteiger partial charge in [-0.25, -0.2) is 4.98 Å². The molecule has 1 heterocycles. The lowest BCUT2D eigenvalue weighted by Gasteiger charge is -2.31. The van der Waals surface area contributed by atoms with Crippen LogP contribution in [0.3, 0.4) is 0 Å². The molecule has 6 heteroatoms. The number of rotatable bonds is 8. The molecule has 6 nitrogen and oxygen atoms in total. The highest BCUT2D eigenvalue weighted by molar-refractivity contribution is 5.82. The molecular formula is C25H29N3O3. The average molecular weight is 420 g/mol. The van der Waals surface area contributed by atoms with Crippen molar-refractivity contribution >= 4 is 16.8 Å². The molecule has 0 radical (unpaired) electrons. The van der Waals surface area contributed by atoms with Crippen LogP contribution < -0.4 is 10.3 Å². The zero-order chi connectivity index (χ0) is 22.0. The van der Waals surface area contributed by atoms with E-state index in [1.165, 1.54) is 0 Å². The maximum Gasteiger partial charge on any atom is 0.266 e. The number of benzene rings is 2. The van der Waals surface area contributed by atoms with Crippen molar-refractivity contribution in [2.24, 2.45) is 5.92 Å². The van der Waals surface area contributed by atoms with Gasteiger partial charge < -0.3 is 9.64 Å². The van der Waals surface area contributed by atoms with E-state index in [-0.39, 0.29) is 23.4 Å². The molecule has 1 aromatic heterocycles. The van der Waals surface area contributed by atoms with E-state index in [0.717, 1.165) is 24.3 Å². The van der Waals surface area contributed by atoms with Crippen LogP contribution in [-0.4, -0.2) is 33.5 Å². The van der Waals surface area contributed by atoms with Crippen LogP contribution in [0.15, 0.2) is 53.3 Å². The minimum Gasteiger partial charge on any atom is -0.494 e. The number of aromatic nitrogens is 2. The molecule has 1 unspecified atom stereocenters. The summed E-state index contributed by atoms with van der Waals surface area (Å²) in [7, 11) is 0. The maximum absolute atomic E-state index is 13.6. The summed E-state index contributed by atoms with van der Waals surface area (Å²) in [6, 6.07) is 14.6. The summed E-state index contributed by atoms with van der Waals surface area (Å²) in [6.45, 7) is 7.13. The van der Waals surface area contributed by atoms with Crippen molar-refractivity contribution in [2.75, 3.05) is 13.2 Å². The number of nitrogens with zero attached hydrogens (tertiary/aromatic N) is 3. The average Bonchev–Trinajstić information content (AvgIpc) is 3.63. The Morgan fingerprint density at radius 1 is 1.13 bits per heavy atom. The summed E-state index contributed by atoms with van der Waals surface area (Å²) < 4.78 is 7.22. The predicted octanol–water partition coefficient (Wildman–Crippen LogP) is 4.49. The van der Waals surface area contributed by atoms with Crippen molar-refractivity contribution in [3.63, 3.8) is 0 Å². The van der Waals surface area contributed by atoms with Crippen molar-refractivity contribution in [1.82, 2.24) is 14.5 Å². The second-order valence-corrected chi connectivity index (χ2v) is 7.88. The smallest absolute Gasteiger partial charge is 0.266 e. The molecule has 3 aromatic rings. The van der Waals surface area contributed by atoms with E-state index >= 15 is 0 Å². The molecule has 1 amide bonds. The van der Waals surface area contributed by atoms with Crippen molar-refractivity contribution in [3.05, 3.63) is 64.7 Å².